The van der Waals surface area contributed by atoms with Crippen molar-refractivity contribution in [2.45, 2.75) is 88.8 Å². The van der Waals surface area contributed by atoms with Crippen LogP contribution in [0.1, 0.15) is 68.9 Å². The first-order chi connectivity index (χ1) is 16.7. The second kappa shape index (κ2) is 10.9. The number of benzene rings is 2. The van der Waals surface area contributed by atoms with Crippen LogP contribution in [-0.4, -0.2) is 42.5 Å². The van der Waals surface area contributed by atoms with Gasteiger partial charge in [0.25, 0.3) is 0 Å². The molecule has 2 aliphatic heterocycles. The van der Waals surface area contributed by atoms with Gasteiger partial charge in [0, 0.05) is 23.7 Å². The molecule has 1 aliphatic carbocycles. The highest BCUT2D eigenvalue weighted by Crippen LogP contribution is 2.35. The number of ether oxygens (including phenoxy) is 1. The summed E-state index contributed by atoms with van der Waals surface area (Å²) >= 11 is 0. The van der Waals surface area contributed by atoms with Gasteiger partial charge in [-0.3, -0.25) is 9.69 Å². The predicted octanol–water partition coefficient (Wildman–Crippen LogP) is 6.04. The number of rotatable bonds is 7. The van der Waals surface area contributed by atoms with Crippen LogP contribution in [-0.2, 0) is 17.6 Å². The number of carbonyl (C=O) groups excluding carboxylic acids is 1. The maximum atomic E-state index is 14.2. The molecule has 1 N–H and O–H groups in total. The molecule has 34 heavy (non-hydrogen) atoms. The number of hydrogen-bond donors (Lipinski definition) is 1. The molecule has 0 bridgehead atoms. The predicted molar refractivity (Wildman–Crippen MR) is 139 cm³/mol. The van der Waals surface area contributed by atoms with Crippen molar-refractivity contribution in [1.82, 2.24) is 4.90 Å². The van der Waals surface area contributed by atoms with Gasteiger partial charge in [-0.25, -0.2) is 0 Å². The number of ketones is 1. The topological polar surface area (TPSA) is 41.6 Å². The molecule has 2 heterocycles. The van der Waals surface area contributed by atoms with Gasteiger partial charge in [-0.2, -0.15) is 0 Å². The van der Waals surface area contributed by atoms with E-state index in [1.165, 1.54) is 55.3 Å². The number of anilines is 1. The highest BCUT2D eigenvalue weighted by Gasteiger charge is 2.42. The molecule has 3 unspecified atom stereocenters. The number of Topliss-reactive ketones (excluding diaryl/α,β-unsaturated/α-hetero) is 1. The van der Waals surface area contributed by atoms with Crippen molar-refractivity contribution in [3.8, 4) is 5.75 Å². The molecule has 0 amide bonds. The van der Waals surface area contributed by atoms with Gasteiger partial charge in [0.1, 0.15) is 5.75 Å². The fourth-order valence-electron chi connectivity index (χ4n) is 6.56. The van der Waals surface area contributed by atoms with Crippen molar-refractivity contribution < 1.29 is 9.53 Å². The van der Waals surface area contributed by atoms with Crippen molar-refractivity contribution in [2.75, 3.05) is 19.0 Å². The molecule has 1 saturated heterocycles. The third-order valence-corrected chi connectivity index (χ3v) is 8.42. The number of carbonyl (C=O) groups is 1. The molecular formula is C30H40N2O2. The molecule has 182 valence electrons. The van der Waals surface area contributed by atoms with E-state index in [1.807, 2.05) is 0 Å². The largest absolute Gasteiger partial charge is 0.497 e. The lowest BCUT2D eigenvalue weighted by Crippen LogP contribution is -2.59. The first-order valence-electron chi connectivity index (χ1n) is 13.5. The Bertz CT molecular complexity index is 951. The number of piperidine rings is 1. The Morgan fingerprint density at radius 1 is 0.971 bits per heavy atom. The van der Waals surface area contributed by atoms with Gasteiger partial charge in [-0.1, -0.05) is 56.0 Å². The van der Waals surface area contributed by atoms with Gasteiger partial charge in [0.05, 0.1) is 13.2 Å². The number of hydrogen-bond acceptors (Lipinski definition) is 4. The molecule has 1 saturated carbocycles. The first kappa shape index (κ1) is 23.4. The molecule has 0 spiro atoms. The van der Waals surface area contributed by atoms with E-state index in [-0.39, 0.29) is 18.0 Å². The summed E-state index contributed by atoms with van der Waals surface area (Å²) in [4.78, 5) is 16.8. The Kier molecular flexibility index (Phi) is 7.54. The summed E-state index contributed by atoms with van der Waals surface area (Å²) in [6, 6.07) is 17.7. The lowest BCUT2D eigenvalue weighted by Gasteiger charge is -2.46. The highest BCUT2D eigenvalue weighted by molar-refractivity contribution is 5.88. The van der Waals surface area contributed by atoms with Crippen LogP contribution in [0.15, 0.2) is 48.5 Å². The Hall–Kier alpha value is -2.33. The Morgan fingerprint density at radius 3 is 2.53 bits per heavy atom. The number of para-hydroxylation sites is 1. The van der Waals surface area contributed by atoms with Crippen LogP contribution in [0, 0.1) is 5.92 Å². The van der Waals surface area contributed by atoms with Crippen molar-refractivity contribution in [3.05, 3.63) is 59.7 Å². The van der Waals surface area contributed by atoms with E-state index >= 15 is 0 Å². The van der Waals surface area contributed by atoms with E-state index in [0.29, 0.717) is 11.8 Å². The van der Waals surface area contributed by atoms with Crippen LogP contribution in [0.2, 0.25) is 0 Å². The number of methoxy groups -OCH3 is 1. The van der Waals surface area contributed by atoms with Gasteiger partial charge < -0.3 is 10.1 Å². The number of likely N-dealkylation sites (tertiary alicyclic amines) is 1. The van der Waals surface area contributed by atoms with Gasteiger partial charge in [-0.15, -0.1) is 0 Å². The smallest absolute Gasteiger partial charge is 0.155 e. The molecular weight excluding hydrogens is 420 g/mol. The molecule has 3 aliphatic rings. The summed E-state index contributed by atoms with van der Waals surface area (Å²) in [5.74, 6) is 1.65. The zero-order valence-corrected chi connectivity index (χ0v) is 20.7. The van der Waals surface area contributed by atoms with Crippen molar-refractivity contribution in [3.63, 3.8) is 0 Å². The summed E-state index contributed by atoms with van der Waals surface area (Å²) in [6.45, 7) is 1.03. The summed E-state index contributed by atoms with van der Waals surface area (Å²) < 4.78 is 5.36. The average Bonchev–Trinajstić information content (AvgIpc) is 2.90. The minimum Gasteiger partial charge on any atom is -0.497 e. The second-order valence-electron chi connectivity index (χ2n) is 10.6. The van der Waals surface area contributed by atoms with Crippen molar-refractivity contribution >= 4 is 11.5 Å². The minimum atomic E-state index is -0.0278. The Labute approximate surface area is 205 Å². The van der Waals surface area contributed by atoms with E-state index in [0.717, 1.165) is 44.4 Å². The van der Waals surface area contributed by atoms with Crippen LogP contribution >= 0.6 is 0 Å². The number of aryl methyl sites for hydroxylation is 1. The van der Waals surface area contributed by atoms with E-state index in [4.69, 9.17) is 4.74 Å². The third-order valence-electron chi connectivity index (χ3n) is 8.42. The molecule has 5 rings (SSSR count). The summed E-state index contributed by atoms with van der Waals surface area (Å²) in [7, 11) is 1.72. The maximum Gasteiger partial charge on any atom is 0.155 e. The van der Waals surface area contributed by atoms with Crippen LogP contribution in [0.25, 0.3) is 0 Å². The van der Waals surface area contributed by atoms with Gasteiger partial charge >= 0.3 is 0 Å². The van der Waals surface area contributed by atoms with E-state index in [2.05, 4.69) is 58.7 Å². The van der Waals surface area contributed by atoms with Crippen molar-refractivity contribution in [1.29, 1.82) is 0 Å². The fourth-order valence-corrected chi connectivity index (χ4v) is 6.56. The fraction of sp³-hybridized carbons (Fsp3) is 0.567. The summed E-state index contributed by atoms with van der Waals surface area (Å²) in [5, 5.41) is 3.83. The molecule has 4 heteroatoms. The summed E-state index contributed by atoms with van der Waals surface area (Å²) in [6.07, 6.45) is 12.6. The van der Waals surface area contributed by atoms with Crippen LogP contribution in [0.5, 0.6) is 5.75 Å². The lowest BCUT2D eigenvalue weighted by atomic mass is 9.78. The zero-order chi connectivity index (χ0) is 23.3. The molecule has 4 nitrogen and oxygen atoms in total. The molecule has 2 aromatic rings. The average molecular weight is 461 g/mol. The SMILES string of the molecule is COc1ccc(CC2CCCCN2C(C(=O)C2CCCCC2)C2CCc3ccccc3N2)cc1. The monoisotopic (exact) mass is 460 g/mol. The van der Waals surface area contributed by atoms with Gasteiger partial charge in [0.2, 0.25) is 0 Å². The normalized spacial score (nSPS) is 24.6. The van der Waals surface area contributed by atoms with Gasteiger partial charge in [-0.05, 0) is 80.8 Å². The van der Waals surface area contributed by atoms with Crippen molar-refractivity contribution in [2.24, 2.45) is 5.92 Å². The van der Waals surface area contributed by atoms with Crippen LogP contribution in [0.3, 0.4) is 0 Å². The minimum absolute atomic E-state index is 0.0278. The molecule has 0 radical (unpaired) electrons. The Balaban J connectivity index is 1.41. The standard InChI is InChI=1S/C30H40N2O2/c1-34-26-17-14-22(15-18-26)21-25-12-7-8-20-32(25)29(30(33)24-10-3-2-4-11-24)28-19-16-23-9-5-6-13-27(23)31-28/h5-6,9,13-15,17-18,24-25,28-29,31H,2-4,7-8,10-12,16,19-21H2,1H3. The second-order valence-corrected chi connectivity index (χ2v) is 10.6. The molecule has 2 fully saturated rings. The number of nitrogens with one attached hydrogen (secondary N) is 1. The lowest BCUT2D eigenvalue weighted by molar-refractivity contribution is -0.131. The number of nitrogens with zero attached hydrogens (tertiary/aromatic N) is 1. The summed E-state index contributed by atoms with van der Waals surface area (Å²) in [5.41, 5.74) is 3.95. The van der Waals surface area contributed by atoms with E-state index in [9.17, 15) is 4.79 Å². The van der Waals surface area contributed by atoms with E-state index < -0.39 is 0 Å². The number of fused-ring (bicyclic) bond motifs is 1. The Morgan fingerprint density at radius 2 is 1.74 bits per heavy atom. The zero-order valence-electron chi connectivity index (χ0n) is 20.7. The maximum absolute atomic E-state index is 14.2. The molecule has 3 atom stereocenters. The van der Waals surface area contributed by atoms with E-state index in [1.54, 1.807) is 7.11 Å². The van der Waals surface area contributed by atoms with Crippen LogP contribution in [0.4, 0.5) is 5.69 Å². The third kappa shape index (κ3) is 5.17. The van der Waals surface area contributed by atoms with Crippen LogP contribution < -0.4 is 10.1 Å². The first-order valence-corrected chi connectivity index (χ1v) is 13.5. The molecule has 2 aromatic carbocycles. The quantitative estimate of drug-likeness (QED) is 0.547. The highest BCUT2D eigenvalue weighted by atomic mass is 16.5. The molecule has 0 aromatic heterocycles. The van der Waals surface area contributed by atoms with Gasteiger partial charge in [0.15, 0.2) is 5.78 Å².